The second-order valence-electron chi connectivity index (χ2n) is 6.38. The van der Waals surface area contributed by atoms with E-state index in [1.54, 1.807) is 0 Å². The quantitative estimate of drug-likeness (QED) is 0.936. The molecule has 4 heteroatoms. The van der Waals surface area contributed by atoms with Gasteiger partial charge < -0.3 is 9.88 Å². The molecule has 1 N–H and O–H groups in total. The summed E-state index contributed by atoms with van der Waals surface area (Å²) in [7, 11) is 0. The Hall–Kier alpha value is -1.68. The van der Waals surface area contributed by atoms with Crippen molar-refractivity contribution >= 4 is 0 Å². The maximum Gasteiger partial charge on any atom is 0.150 e. The van der Waals surface area contributed by atoms with Crippen molar-refractivity contribution in [3.05, 3.63) is 47.0 Å². The van der Waals surface area contributed by atoms with E-state index in [9.17, 15) is 0 Å². The lowest BCUT2D eigenvalue weighted by atomic mass is 10.1. The van der Waals surface area contributed by atoms with Gasteiger partial charge in [0.25, 0.3) is 0 Å². The van der Waals surface area contributed by atoms with Crippen LogP contribution < -0.4 is 5.32 Å². The van der Waals surface area contributed by atoms with Gasteiger partial charge in [0.1, 0.15) is 5.82 Å². The van der Waals surface area contributed by atoms with Crippen LogP contribution in [0.5, 0.6) is 0 Å². The molecule has 21 heavy (non-hydrogen) atoms. The van der Waals surface area contributed by atoms with Gasteiger partial charge in [0.15, 0.2) is 5.82 Å². The molecule has 1 aliphatic heterocycles. The zero-order chi connectivity index (χ0) is 14.2. The summed E-state index contributed by atoms with van der Waals surface area (Å²) in [4.78, 5) is 0. The predicted octanol–water partition coefficient (Wildman–Crippen LogP) is 2.43. The molecule has 1 aliphatic carbocycles. The highest BCUT2D eigenvalue weighted by Gasteiger charge is 2.37. The second-order valence-corrected chi connectivity index (χ2v) is 6.38. The summed E-state index contributed by atoms with van der Waals surface area (Å²) in [5, 5.41) is 12.6. The molecule has 2 heterocycles. The fourth-order valence-electron chi connectivity index (χ4n) is 3.36. The normalized spacial score (nSPS) is 21.3. The molecule has 1 aromatic heterocycles. The van der Waals surface area contributed by atoms with E-state index < -0.39 is 0 Å². The Labute approximate surface area is 125 Å². The van der Waals surface area contributed by atoms with Crippen molar-refractivity contribution in [2.75, 3.05) is 6.54 Å². The molecule has 1 unspecified atom stereocenters. The van der Waals surface area contributed by atoms with Crippen LogP contribution in [0, 0.1) is 12.8 Å². The Balaban J connectivity index is 1.51. The van der Waals surface area contributed by atoms with Gasteiger partial charge in [-0.2, -0.15) is 0 Å². The van der Waals surface area contributed by atoms with Gasteiger partial charge in [-0.05, 0) is 37.7 Å². The fraction of sp³-hybridized carbons (Fsp3) is 0.529. The van der Waals surface area contributed by atoms with E-state index in [1.807, 2.05) is 0 Å². The lowest BCUT2D eigenvalue weighted by Crippen LogP contribution is -2.35. The number of aryl methyl sites for hydroxylation is 3. The molecule has 2 aromatic rings. The van der Waals surface area contributed by atoms with E-state index in [1.165, 1.54) is 29.8 Å². The minimum Gasteiger partial charge on any atom is -0.312 e. The molecule has 1 fully saturated rings. The maximum atomic E-state index is 4.48. The van der Waals surface area contributed by atoms with Crippen LogP contribution in [0.1, 0.15) is 41.7 Å². The van der Waals surface area contributed by atoms with Crippen LogP contribution in [0.25, 0.3) is 0 Å². The van der Waals surface area contributed by atoms with Crippen LogP contribution in [0.15, 0.2) is 24.3 Å². The lowest BCUT2D eigenvalue weighted by Gasteiger charge is -2.25. The van der Waals surface area contributed by atoms with Crippen molar-refractivity contribution in [2.24, 2.45) is 5.92 Å². The topological polar surface area (TPSA) is 42.7 Å². The molecule has 2 aliphatic rings. The molecular weight excluding hydrogens is 260 g/mol. The van der Waals surface area contributed by atoms with E-state index in [2.05, 4.69) is 51.3 Å². The van der Waals surface area contributed by atoms with Crippen LogP contribution in [0.3, 0.4) is 0 Å². The molecule has 1 aromatic carbocycles. The number of fused-ring (bicyclic) bond motifs is 1. The fourth-order valence-corrected chi connectivity index (χ4v) is 3.36. The standard InChI is InChI=1S/C17H22N4/c1-12-3-2-4-13(11-12)5-8-15-19-20-17-16(14-6-7-14)18-9-10-21(15)17/h2-4,11,14,16,18H,5-10H2,1H3. The summed E-state index contributed by atoms with van der Waals surface area (Å²) in [5.41, 5.74) is 2.72. The summed E-state index contributed by atoms with van der Waals surface area (Å²) in [6.45, 7) is 4.20. The van der Waals surface area contributed by atoms with Gasteiger partial charge in [-0.25, -0.2) is 0 Å². The van der Waals surface area contributed by atoms with Gasteiger partial charge in [-0.1, -0.05) is 29.8 Å². The lowest BCUT2D eigenvalue weighted by molar-refractivity contribution is 0.376. The van der Waals surface area contributed by atoms with Crippen molar-refractivity contribution in [3.63, 3.8) is 0 Å². The highest BCUT2D eigenvalue weighted by atomic mass is 15.3. The molecule has 110 valence electrons. The third kappa shape index (κ3) is 2.60. The number of rotatable bonds is 4. The molecule has 4 nitrogen and oxygen atoms in total. The van der Waals surface area contributed by atoms with Gasteiger partial charge in [0.05, 0.1) is 6.04 Å². The van der Waals surface area contributed by atoms with Gasteiger partial charge in [0, 0.05) is 19.5 Å². The summed E-state index contributed by atoms with van der Waals surface area (Å²) in [6.07, 6.45) is 4.70. The number of benzene rings is 1. The molecule has 1 atom stereocenters. The Kier molecular flexibility index (Phi) is 3.26. The van der Waals surface area contributed by atoms with Gasteiger partial charge in [-0.3, -0.25) is 0 Å². The molecule has 4 rings (SSSR count). The summed E-state index contributed by atoms with van der Waals surface area (Å²) in [6, 6.07) is 9.20. The van der Waals surface area contributed by atoms with Gasteiger partial charge >= 0.3 is 0 Å². The predicted molar refractivity (Wildman–Crippen MR) is 82.1 cm³/mol. The van der Waals surface area contributed by atoms with E-state index in [0.29, 0.717) is 6.04 Å². The van der Waals surface area contributed by atoms with Crippen molar-refractivity contribution in [1.29, 1.82) is 0 Å². The third-order valence-electron chi connectivity index (χ3n) is 4.65. The average molecular weight is 282 g/mol. The number of nitrogens with zero attached hydrogens (tertiary/aromatic N) is 3. The molecule has 0 saturated heterocycles. The van der Waals surface area contributed by atoms with Crippen molar-refractivity contribution in [2.45, 2.75) is 45.2 Å². The van der Waals surface area contributed by atoms with Crippen LogP contribution in [0.2, 0.25) is 0 Å². The minimum atomic E-state index is 0.443. The summed E-state index contributed by atoms with van der Waals surface area (Å²) in [5.74, 6) is 3.11. The van der Waals surface area contributed by atoms with E-state index >= 15 is 0 Å². The first-order valence-corrected chi connectivity index (χ1v) is 8.02. The molecule has 0 bridgehead atoms. The first-order valence-electron chi connectivity index (χ1n) is 8.02. The molecule has 0 spiro atoms. The second kappa shape index (κ2) is 5.26. The Morgan fingerprint density at radius 3 is 2.95 bits per heavy atom. The van der Waals surface area contributed by atoms with Gasteiger partial charge in [0.2, 0.25) is 0 Å². The average Bonchev–Trinajstić information content (AvgIpc) is 3.25. The highest BCUT2D eigenvalue weighted by Crippen LogP contribution is 2.41. The van der Waals surface area contributed by atoms with Crippen molar-refractivity contribution in [3.8, 4) is 0 Å². The van der Waals surface area contributed by atoms with Crippen LogP contribution in [-0.2, 0) is 19.4 Å². The van der Waals surface area contributed by atoms with Gasteiger partial charge in [-0.15, -0.1) is 10.2 Å². The summed E-state index contributed by atoms with van der Waals surface area (Å²) >= 11 is 0. The largest absolute Gasteiger partial charge is 0.312 e. The van der Waals surface area contributed by atoms with Crippen molar-refractivity contribution < 1.29 is 0 Å². The summed E-state index contributed by atoms with van der Waals surface area (Å²) < 4.78 is 2.36. The minimum absolute atomic E-state index is 0.443. The smallest absolute Gasteiger partial charge is 0.150 e. The molecular formula is C17H22N4. The maximum absolute atomic E-state index is 4.48. The number of hydrogen-bond acceptors (Lipinski definition) is 3. The number of aromatic nitrogens is 3. The number of nitrogens with one attached hydrogen (secondary N) is 1. The molecule has 0 amide bonds. The van der Waals surface area contributed by atoms with Crippen LogP contribution >= 0.6 is 0 Å². The highest BCUT2D eigenvalue weighted by molar-refractivity contribution is 5.23. The first kappa shape index (κ1) is 13.0. The Morgan fingerprint density at radius 1 is 1.24 bits per heavy atom. The number of hydrogen-bond donors (Lipinski definition) is 1. The SMILES string of the molecule is Cc1cccc(CCc2nnc3n2CCNC3C2CC2)c1. The molecule has 0 radical (unpaired) electrons. The van der Waals surface area contributed by atoms with Crippen molar-refractivity contribution in [1.82, 2.24) is 20.1 Å². The van der Waals surface area contributed by atoms with E-state index in [4.69, 9.17) is 0 Å². The monoisotopic (exact) mass is 282 g/mol. The third-order valence-corrected chi connectivity index (χ3v) is 4.65. The zero-order valence-electron chi connectivity index (χ0n) is 12.5. The Morgan fingerprint density at radius 2 is 2.14 bits per heavy atom. The van der Waals surface area contributed by atoms with E-state index in [0.717, 1.165) is 37.7 Å². The van der Waals surface area contributed by atoms with Crippen LogP contribution in [-0.4, -0.2) is 21.3 Å². The molecule has 1 saturated carbocycles. The van der Waals surface area contributed by atoms with Crippen LogP contribution in [0.4, 0.5) is 0 Å². The Bertz CT molecular complexity index is 642. The zero-order valence-corrected chi connectivity index (χ0v) is 12.5. The first-order chi connectivity index (χ1) is 10.3. The van der Waals surface area contributed by atoms with E-state index in [-0.39, 0.29) is 0 Å².